The Hall–Kier alpha value is -0.0800. The van der Waals surface area contributed by atoms with Gasteiger partial charge in [0.15, 0.2) is 0 Å². The second kappa shape index (κ2) is 7.08. The van der Waals surface area contributed by atoms with E-state index in [4.69, 9.17) is 0 Å². The van der Waals surface area contributed by atoms with Gasteiger partial charge in [0.1, 0.15) is 0 Å². The van der Waals surface area contributed by atoms with E-state index in [1.165, 1.54) is 71.0 Å². The molecule has 19 heavy (non-hydrogen) atoms. The number of hydrogen-bond donors (Lipinski definition) is 1. The Morgan fingerprint density at radius 2 is 1.74 bits per heavy atom. The minimum Gasteiger partial charge on any atom is -0.314 e. The van der Waals surface area contributed by atoms with Crippen molar-refractivity contribution in [3.8, 4) is 0 Å². The van der Waals surface area contributed by atoms with Crippen LogP contribution in [0.4, 0.5) is 0 Å². The normalized spacial score (nSPS) is 31.7. The summed E-state index contributed by atoms with van der Waals surface area (Å²) in [5, 5.41) is 3.71. The van der Waals surface area contributed by atoms with Crippen LogP contribution in [-0.2, 0) is 0 Å². The molecule has 112 valence electrons. The Bertz CT molecular complexity index is 250. The largest absolute Gasteiger partial charge is 0.314 e. The fraction of sp³-hybridized carbons (Fsp3) is 1.00. The summed E-state index contributed by atoms with van der Waals surface area (Å²) in [6.45, 7) is 10.9. The van der Waals surface area contributed by atoms with Crippen LogP contribution in [0.25, 0.3) is 0 Å². The summed E-state index contributed by atoms with van der Waals surface area (Å²) < 4.78 is 0. The maximum Gasteiger partial charge on any atom is 0.0111 e. The van der Waals surface area contributed by atoms with E-state index in [2.05, 4.69) is 31.0 Å². The molecule has 2 aliphatic rings. The molecular formula is C17H34N2. The number of nitrogens with zero attached hydrogens (tertiary/aromatic N) is 1. The van der Waals surface area contributed by atoms with Crippen molar-refractivity contribution < 1.29 is 0 Å². The van der Waals surface area contributed by atoms with Crippen LogP contribution in [-0.4, -0.2) is 36.6 Å². The molecule has 0 aromatic heterocycles. The van der Waals surface area contributed by atoms with Crippen LogP contribution in [0.15, 0.2) is 0 Å². The van der Waals surface area contributed by atoms with Gasteiger partial charge >= 0.3 is 0 Å². The van der Waals surface area contributed by atoms with Crippen molar-refractivity contribution in [2.24, 2.45) is 5.41 Å². The standard InChI is InChI=1S/C17H34N2/c1-4-11-18-15-7-8-16(14-15)19-12-9-17(5-2,6-3)10-13-19/h15-16,18H,4-14H2,1-3H3. The van der Waals surface area contributed by atoms with Gasteiger partial charge in [0.25, 0.3) is 0 Å². The molecule has 1 heterocycles. The van der Waals surface area contributed by atoms with Crippen LogP contribution >= 0.6 is 0 Å². The molecule has 1 N–H and O–H groups in total. The third-order valence-corrected chi connectivity index (χ3v) is 5.96. The number of piperidine rings is 1. The quantitative estimate of drug-likeness (QED) is 0.786. The molecule has 2 nitrogen and oxygen atoms in total. The summed E-state index contributed by atoms with van der Waals surface area (Å²) in [4.78, 5) is 2.80. The molecule has 1 aliphatic heterocycles. The van der Waals surface area contributed by atoms with Gasteiger partial charge in [-0.15, -0.1) is 0 Å². The lowest BCUT2D eigenvalue weighted by atomic mass is 9.74. The van der Waals surface area contributed by atoms with Crippen LogP contribution in [0.1, 0.15) is 72.1 Å². The third kappa shape index (κ3) is 3.72. The third-order valence-electron chi connectivity index (χ3n) is 5.96. The van der Waals surface area contributed by atoms with Gasteiger partial charge in [-0.25, -0.2) is 0 Å². The van der Waals surface area contributed by atoms with Gasteiger partial charge in [0, 0.05) is 12.1 Å². The molecule has 1 aliphatic carbocycles. The molecule has 2 fully saturated rings. The Balaban J connectivity index is 1.76. The van der Waals surface area contributed by atoms with E-state index in [0.717, 1.165) is 12.1 Å². The van der Waals surface area contributed by atoms with Gasteiger partial charge in [-0.2, -0.15) is 0 Å². The van der Waals surface area contributed by atoms with Crippen molar-refractivity contribution in [2.75, 3.05) is 19.6 Å². The van der Waals surface area contributed by atoms with Gasteiger partial charge in [-0.05, 0) is 63.6 Å². The maximum absolute atomic E-state index is 3.71. The highest BCUT2D eigenvalue weighted by Gasteiger charge is 2.36. The van der Waals surface area contributed by atoms with E-state index in [1.54, 1.807) is 0 Å². The molecule has 1 saturated heterocycles. The molecule has 1 saturated carbocycles. The zero-order chi connectivity index (χ0) is 13.7. The van der Waals surface area contributed by atoms with Crippen LogP contribution in [0.5, 0.6) is 0 Å². The Morgan fingerprint density at radius 1 is 1.05 bits per heavy atom. The lowest BCUT2D eigenvalue weighted by Gasteiger charge is -2.43. The van der Waals surface area contributed by atoms with Crippen molar-refractivity contribution in [1.82, 2.24) is 10.2 Å². The Morgan fingerprint density at radius 3 is 2.32 bits per heavy atom. The fourth-order valence-electron chi connectivity index (χ4n) is 4.14. The first-order valence-electron chi connectivity index (χ1n) is 8.70. The van der Waals surface area contributed by atoms with Gasteiger partial charge in [-0.3, -0.25) is 0 Å². The van der Waals surface area contributed by atoms with Gasteiger partial charge in [0.05, 0.1) is 0 Å². The second-order valence-electron chi connectivity index (χ2n) is 6.86. The zero-order valence-electron chi connectivity index (χ0n) is 13.4. The summed E-state index contributed by atoms with van der Waals surface area (Å²) in [5.41, 5.74) is 0.676. The fourth-order valence-corrected chi connectivity index (χ4v) is 4.14. The molecule has 2 atom stereocenters. The first-order chi connectivity index (χ1) is 9.23. The van der Waals surface area contributed by atoms with Gasteiger partial charge < -0.3 is 10.2 Å². The minimum absolute atomic E-state index is 0.676. The van der Waals surface area contributed by atoms with E-state index in [1.807, 2.05) is 0 Å². The monoisotopic (exact) mass is 266 g/mol. The number of likely N-dealkylation sites (tertiary alicyclic amines) is 1. The van der Waals surface area contributed by atoms with Crippen molar-refractivity contribution >= 4 is 0 Å². The van der Waals surface area contributed by atoms with Crippen LogP contribution in [0.2, 0.25) is 0 Å². The first kappa shape index (κ1) is 15.3. The van der Waals surface area contributed by atoms with E-state index < -0.39 is 0 Å². The highest BCUT2D eigenvalue weighted by atomic mass is 15.2. The average molecular weight is 266 g/mol. The van der Waals surface area contributed by atoms with E-state index in [9.17, 15) is 0 Å². The van der Waals surface area contributed by atoms with Crippen LogP contribution in [0.3, 0.4) is 0 Å². The topological polar surface area (TPSA) is 15.3 Å². The smallest absolute Gasteiger partial charge is 0.0111 e. The van der Waals surface area contributed by atoms with Gasteiger partial charge in [0.2, 0.25) is 0 Å². The predicted molar refractivity (Wildman–Crippen MR) is 83.5 cm³/mol. The van der Waals surface area contributed by atoms with Crippen molar-refractivity contribution in [2.45, 2.75) is 84.2 Å². The molecule has 0 aromatic rings. The molecule has 0 radical (unpaired) electrons. The Kier molecular flexibility index (Phi) is 5.70. The predicted octanol–water partition coefficient (Wildman–Crippen LogP) is 3.81. The summed E-state index contributed by atoms with van der Waals surface area (Å²) in [6, 6.07) is 1.68. The molecule has 2 unspecified atom stereocenters. The second-order valence-corrected chi connectivity index (χ2v) is 6.86. The highest BCUT2D eigenvalue weighted by Crippen LogP contribution is 2.39. The lowest BCUT2D eigenvalue weighted by molar-refractivity contribution is 0.0671. The number of hydrogen-bond acceptors (Lipinski definition) is 2. The van der Waals surface area contributed by atoms with E-state index >= 15 is 0 Å². The summed E-state index contributed by atoms with van der Waals surface area (Å²) in [5.74, 6) is 0. The molecule has 2 heteroatoms. The average Bonchev–Trinajstić information content (AvgIpc) is 2.94. The summed E-state index contributed by atoms with van der Waals surface area (Å²) in [6.07, 6.45) is 11.1. The molecule has 0 bridgehead atoms. The molecular weight excluding hydrogens is 232 g/mol. The number of nitrogens with one attached hydrogen (secondary N) is 1. The van der Waals surface area contributed by atoms with Crippen molar-refractivity contribution in [3.63, 3.8) is 0 Å². The highest BCUT2D eigenvalue weighted by molar-refractivity contribution is 4.91. The van der Waals surface area contributed by atoms with Crippen molar-refractivity contribution in [1.29, 1.82) is 0 Å². The zero-order valence-corrected chi connectivity index (χ0v) is 13.4. The molecule has 0 aromatic carbocycles. The SMILES string of the molecule is CCCNC1CCC(N2CCC(CC)(CC)CC2)C1. The Labute approximate surface area is 120 Å². The first-order valence-corrected chi connectivity index (χ1v) is 8.70. The van der Waals surface area contributed by atoms with Crippen LogP contribution in [0, 0.1) is 5.41 Å². The maximum atomic E-state index is 3.71. The number of rotatable bonds is 6. The van der Waals surface area contributed by atoms with Crippen molar-refractivity contribution in [3.05, 3.63) is 0 Å². The molecule has 0 amide bonds. The van der Waals surface area contributed by atoms with Crippen LogP contribution < -0.4 is 5.32 Å². The lowest BCUT2D eigenvalue weighted by Crippen LogP contribution is -2.44. The van der Waals surface area contributed by atoms with E-state index in [0.29, 0.717) is 5.41 Å². The summed E-state index contributed by atoms with van der Waals surface area (Å²) >= 11 is 0. The molecule has 0 spiro atoms. The summed E-state index contributed by atoms with van der Waals surface area (Å²) in [7, 11) is 0. The molecule has 2 rings (SSSR count). The minimum atomic E-state index is 0.676. The van der Waals surface area contributed by atoms with Gasteiger partial charge in [-0.1, -0.05) is 33.6 Å². The van der Waals surface area contributed by atoms with E-state index in [-0.39, 0.29) is 0 Å².